The van der Waals surface area contributed by atoms with Gasteiger partial charge in [-0.15, -0.1) is 0 Å². The van der Waals surface area contributed by atoms with Gasteiger partial charge in [0.2, 0.25) is 0 Å². The van der Waals surface area contributed by atoms with Crippen molar-refractivity contribution in [2.45, 2.75) is 19.3 Å². The highest BCUT2D eigenvalue weighted by Crippen LogP contribution is 2.53. The number of rotatable bonds is 5. The lowest BCUT2D eigenvalue weighted by molar-refractivity contribution is 0.661. The Hall–Kier alpha value is -7.42. The summed E-state index contributed by atoms with van der Waals surface area (Å²) >= 11 is 0. The highest BCUT2D eigenvalue weighted by Gasteiger charge is 2.36. The Morgan fingerprint density at radius 2 is 0.915 bits per heavy atom. The topological polar surface area (TPSA) is 8.17 Å². The molecule has 0 radical (unpaired) electrons. The average molecular weight is 753 g/mol. The van der Waals surface area contributed by atoms with Gasteiger partial charge in [-0.25, -0.2) is 0 Å². The van der Waals surface area contributed by atoms with Crippen LogP contribution in [0, 0.1) is 0 Å². The maximum absolute atomic E-state index is 2.49. The number of benzene rings is 10. The van der Waals surface area contributed by atoms with Gasteiger partial charge in [0.05, 0.1) is 16.7 Å². The molecule has 0 fully saturated rings. The summed E-state index contributed by atoms with van der Waals surface area (Å²) in [6.45, 7) is 4.75. The molecule has 0 spiro atoms. The second-order valence-corrected chi connectivity index (χ2v) is 16.5. The van der Waals surface area contributed by atoms with Gasteiger partial charge in [-0.2, -0.15) is 0 Å². The number of hydrogen-bond acceptors (Lipinski definition) is 1. The van der Waals surface area contributed by atoms with Crippen molar-refractivity contribution in [1.29, 1.82) is 0 Å². The summed E-state index contributed by atoms with van der Waals surface area (Å²) in [5, 5.41) is 10.0. The van der Waals surface area contributed by atoms with Crippen molar-refractivity contribution in [1.82, 2.24) is 4.57 Å². The van der Waals surface area contributed by atoms with Crippen LogP contribution >= 0.6 is 0 Å². The van der Waals surface area contributed by atoms with Crippen LogP contribution in [-0.4, -0.2) is 4.57 Å². The molecule has 10 aromatic carbocycles. The standard InChI is InChI=1S/C57H40N2/c1-57(2)51-32-31-43(36-50(51)49-34-39-16-3-4-17-40(39)35-52(49)57)58(41-27-29-42(30-28-41)59-53-24-11-9-21-46(53)47-22-10-12-25-54(47)59)55-33-26-38-15-6-8-20-45(38)56(55)48-23-13-18-37-14-5-7-19-44(37)48/h3-36H,1-2H3. The molecule has 0 unspecified atom stereocenters. The molecule has 0 amide bonds. The lowest BCUT2D eigenvalue weighted by Gasteiger charge is -2.30. The second-order valence-electron chi connectivity index (χ2n) is 16.5. The molecule has 11 aromatic rings. The van der Waals surface area contributed by atoms with Crippen molar-refractivity contribution in [3.63, 3.8) is 0 Å². The van der Waals surface area contributed by atoms with Crippen LogP contribution in [0.5, 0.6) is 0 Å². The maximum Gasteiger partial charge on any atom is 0.0546 e. The molecular formula is C57H40N2. The summed E-state index contributed by atoms with van der Waals surface area (Å²) in [5.41, 5.74) is 14.6. The van der Waals surface area contributed by atoms with Gasteiger partial charge in [0, 0.05) is 38.8 Å². The summed E-state index contributed by atoms with van der Waals surface area (Å²) in [4.78, 5) is 2.49. The monoisotopic (exact) mass is 752 g/mol. The van der Waals surface area contributed by atoms with Crippen LogP contribution in [0.4, 0.5) is 17.1 Å². The first-order chi connectivity index (χ1) is 29.0. The molecule has 0 saturated carbocycles. The number of fused-ring (bicyclic) bond motifs is 9. The summed E-state index contributed by atoms with van der Waals surface area (Å²) in [7, 11) is 0. The molecule has 1 aliphatic rings. The number of nitrogens with zero attached hydrogens (tertiary/aromatic N) is 2. The first kappa shape index (κ1) is 33.7. The maximum atomic E-state index is 2.49. The van der Waals surface area contributed by atoms with Crippen molar-refractivity contribution in [3.8, 4) is 27.9 Å². The van der Waals surface area contributed by atoms with Crippen LogP contribution in [0.25, 0.3) is 82.1 Å². The van der Waals surface area contributed by atoms with E-state index in [1.54, 1.807) is 0 Å². The minimum absolute atomic E-state index is 0.126. The first-order valence-electron chi connectivity index (χ1n) is 20.6. The number of para-hydroxylation sites is 2. The summed E-state index contributed by atoms with van der Waals surface area (Å²) in [6, 6.07) is 76.3. The molecule has 0 bridgehead atoms. The smallest absolute Gasteiger partial charge is 0.0546 e. The largest absolute Gasteiger partial charge is 0.310 e. The minimum atomic E-state index is -0.126. The summed E-state index contributed by atoms with van der Waals surface area (Å²) < 4.78 is 2.40. The van der Waals surface area contributed by atoms with Crippen LogP contribution in [0.1, 0.15) is 25.0 Å². The molecule has 0 N–H and O–H groups in total. The SMILES string of the molecule is CC1(C)c2ccc(N(c3ccc(-n4c5ccccc5c5ccccc54)cc3)c3ccc4ccccc4c3-c3cccc4ccccc34)cc2-c2cc3ccccc3cc21. The normalized spacial score (nSPS) is 13.1. The Balaban J connectivity index is 1.12. The lowest BCUT2D eigenvalue weighted by Crippen LogP contribution is -2.15. The second kappa shape index (κ2) is 12.8. The zero-order valence-electron chi connectivity index (χ0n) is 33.0. The predicted octanol–water partition coefficient (Wildman–Crippen LogP) is 15.7. The Bertz CT molecular complexity index is 3420. The Labute approximate surface area is 343 Å². The van der Waals surface area contributed by atoms with Crippen molar-refractivity contribution >= 4 is 71.2 Å². The van der Waals surface area contributed by atoms with Gasteiger partial charge >= 0.3 is 0 Å². The van der Waals surface area contributed by atoms with E-state index >= 15 is 0 Å². The van der Waals surface area contributed by atoms with E-state index in [1.165, 1.54) is 87.5 Å². The molecule has 0 aliphatic heterocycles. The Kier molecular flexibility index (Phi) is 7.31. The van der Waals surface area contributed by atoms with Gasteiger partial charge in [0.15, 0.2) is 0 Å². The van der Waals surface area contributed by atoms with Crippen molar-refractivity contribution in [2.24, 2.45) is 0 Å². The molecule has 2 heteroatoms. The quantitative estimate of drug-likeness (QED) is 0.170. The molecule has 278 valence electrons. The minimum Gasteiger partial charge on any atom is -0.310 e. The Morgan fingerprint density at radius 1 is 0.373 bits per heavy atom. The highest BCUT2D eigenvalue weighted by molar-refractivity contribution is 6.12. The van der Waals surface area contributed by atoms with Crippen LogP contribution in [0.15, 0.2) is 206 Å². The molecule has 1 aliphatic carbocycles. The zero-order chi connectivity index (χ0) is 39.2. The van der Waals surface area contributed by atoms with Gasteiger partial charge in [-0.1, -0.05) is 153 Å². The third-order valence-corrected chi connectivity index (χ3v) is 12.9. The van der Waals surface area contributed by atoms with Gasteiger partial charge in [0.1, 0.15) is 0 Å². The summed E-state index contributed by atoms with van der Waals surface area (Å²) in [5.74, 6) is 0. The van der Waals surface area contributed by atoms with Crippen LogP contribution in [0.2, 0.25) is 0 Å². The van der Waals surface area contributed by atoms with Crippen molar-refractivity contribution < 1.29 is 0 Å². The van der Waals surface area contributed by atoms with E-state index in [-0.39, 0.29) is 5.41 Å². The zero-order valence-corrected chi connectivity index (χ0v) is 33.0. The van der Waals surface area contributed by atoms with Crippen molar-refractivity contribution in [2.75, 3.05) is 4.90 Å². The van der Waals surface area contributed by atoms with E-state index in [1.807, 2.05) is 0 Å². The number of hydrogen-bond donors (Lipinski definition) is 0. The first-order valence-corrected chi connectivity index (χ1v) is 20.6. The molecule has 0 atom stereocenters. The average Bonchev–Trinajstić information content (AvgIpc) is 3.73. The fourth-order valence-electron chi connectivity index (χ4n) is 10.1. The van der Waals surface area contributed by atoms with Crippen LogP contribution in [-0.2, 0) is 5.41 Å². The van der Waals surface area contributed by atoms with E-state index in [9.17, 15) is 0 Å². The van der Waals surface area contributed by atoms with E-state index in [0.717, 1.165) is 22.7 Å². The highest BCUT2D eigenvalue weighted by atomic mass is 15.1. The predicted molar refractivity (Wildman–Crippen MR) is 251 cm³/mol. The third-order valence-electron chi connectivity index (χ3n) is 12.9. The van der Waals surface area contributed by atoms with Gasteiger partial charge in [-0.3, -0.25) is 0 Å². The van der Waals surface area contributed by atoms with E-state index in [0.29, 0.717) is 0 Å². The number of aromatic nitrogens is 1. The fourth-order valence-corrected chi connectivity index (χ4v) is 10.1. The van der Waals surface area contributed by atoms with Gasteiger partial charge in [-0.05, 0) is 127 Å². The molecule has 12 rings (SSSR count). The molecular weight excluding hydrogens is 713 g/mol. The lowest BCUT2D eigenvalue weighted by atomic mass is 9.82. The third kappa shape index (κ3) is 5.06. The Morgan fingerprint density at radius 3 is 1.63 bits per heavy atom. The fraction of sp³-hybridized carbons (Fsp3) is 0.0526. The van der Waals surface area contributed by atoms with Crippen LogP contribution in [0.3, 0.4) is 0 Å². The number of anilines is 3. The van der Waals surface area contributed by atoms with Crippen molar-refractivity contribution in [3.05, 3.63) is 217 Å². The van der Waals surface area contributed by atoms with Gasteiger partial charge in [0.25, 0.3) is 0 Å². The van der Waals surface area contributed by atoms with E-state index in [4.69, 9.17) is 0 Å². The van der Waals surface area contributed by atoms with E-state index in [2.05, 4.69) is 230 Å². The molecule has 2 nitrogen and oxygen atoms in total. The molecule has 0 saturated heterocycles. The van der Waals surface area contributed by atoms with Gasteiger partial charge < -0.3 is 9.47 Å². The van der Waals surface area contributed by atoms with Crippen LogP contribution < -0.4 is 4.90 Å². The molecule has 59 heavy (non-hydrogen) atoms. The summed E-state index contributed by atoms with van der Waals surface area (Å²) in [6.07, 6.45) is 0. The van der Waals surface area contributed by atoms with E-state index < -0.39 is 0 Å². The molecule has 1 aromatic heterocycles. The molecule has 1 heterocycles.